The lowest BCUT2D eigenvalue weighted by Gasteiger charge is -2.09. The van der Waals surface area contributed by atoms with E-state index < -0.39 is 21.4 Å². The smallest absolute Gasteiger partial charge is 0.377 e. The van der Waals surface area contributed by atoms with Crippen LogP contribution in [-0.4, -0.2) is 13.9 Å². The second-order valence-corrected chi connectivity index (χ2v) is 4.46. The predicted molar refractivity (Wildman–Crippen MR) is 53.0 cm³/mol. The van der Waals surface area contributed by atoms with Crippen LogP contribution in [0.15, 0.2) is 18.2 Å². The summed E-state index contributed by atoms with van der Waals surface area (Å²) < 4.78 is 61.4. The van der Waals surface area contributed by atoms with E-state index in [2.05, 4.69) is 9.03 Å². The Labute approximate surface area is 100.0 Å². The molecule has 1 rings (SSSR count). The van der Waals surface area contributed by atoms with Crippen LogP contribution in [0.4, 0.5) is 18.9 Å². The topological polar surface area (TPSA) is 71.5 Å². The molecule has 94 valence electrons. The zero-order valence-electron chi connectivity index (χ0n) is 8.39. The Morgan fingerprint density at radius 1 is 1.33 bits per heavy atom. The predicted octanol–water partition coefficient (Wildman–Crippen LogP) is 2.34. The molecule has 0 bridgehead atoms. The van der Waals surface area contributed by atoms with Gasteiger partial charge >= 0.3 is 15.6 Å². The first-order chi connectivity index (χ1) is 8.19. The molecule has 0 heterocycles. The highest BCUT2D eigenvalue weighted by Gasteiger charge is 2.48. The molecule has 1 aromatic rings. The van der Waals surface area contributed by atoms with Crippen molar-refractivity contribution in [1.29, 1.82) is 5.26 Å². The Morgan fingerprint density at radius 2 is 1.94 bits per heavy atom. The average Bonchev–Trinajstić information content (AvgIpc) is 2.26. The van der Waals surface area contributed by atoms with E-state index in [4.69, 9.17) is 11.8 Å². The van der Waals surface area contributed by atoms with Gasteiger partial charge in [0.2, 0.25) is 0 Å². The van der Waals surface area contributed by atoms with Gasteiger partial charge in [-0.2, -0.15) is 26.9 Å². The highest BCUT2D eigenvalue weighted by atomic mass is 32.2. The lowest BCUT2D eigenvalue weighted by atomic mass is 10.2. The van der Waals surface area contributed by atoms with E-state index in [9.17, 15) is 21.6 Å². The molecule has 5 nitrogen and oxygen atoms in total. The zero-order chi connectivity index (χ0) is 14.0. The second-order valence-electron chi connectivity index (χ2n) is 2.92. The quantitative estimate of drug-likeness (QED) is 0.472. The summed E-state index contributed by atoms with van der Waals surface area (Å²) in [6.45, 7) is 6.65. The van der Waals surface area contributed by atoms with Crippen LogP contribution in [0.3, 0.4) is 0 Å². The first kappa shape index (κ1) is 13.8. The van der Waals surface area contributed by atoms with Crippen LogP contribution in [0.2, 0.25) is 0 Å². The van der Waals surface area contributed by atoms with E-state index in [0.29, 0.717) is 0 Å². The van der Waals surface area contributed by atoms with Crippen molar-refractivity contribution in [3.05, 3.63) is 35.2 Å². The van der Waals surface area contributed by atoms with Crippen LogP contribution in [-0.2, 0) is 10.1 Å². The third-order valence-electron chi connectivity index (χ3n) is 1.64. The number of nitrogens with zero attached hydrogens (tertiary/aromatic N) is 2. The maximum absolute atomic E-state index is 12.0. The Morgan fingerprint density at radius 3 is 2.39 bits per heavy atom. The van der Waals surface area contributed by atoms with Gasteiger partial charge in [0, 0.05) is 5.56 Å². The van der Waals surface area contributed by atoms with Gasteiger partial charge in [0.25, 0.3) is 0 Å². The van der Waals surface area contributed by atoms with Crippen molar-refractivity contribution < 1.29 is 25.8 Å². The summed E-state index contributed by atoms with van der Waals surface area (Å²) in [6.07, 6.45) is 0. The summed E-state index contributed by atoms with van der Waals surface area (Å²) in [5.74, 6) is -0.739. The summed E-state index contributed by atoms with van der Waals surface area (Å²) >= 11 is 0. The lowest BCUT2D eigenvalue weighted by Crippen LogP contribution is -2.28. The lowest BCUT2D eigenvalue weighted by molar-refractivity contribution is -0.0500. The fraction of sp³-hybridized carbons (Fsp3) is 0.111. The molecule has 0 fully saturated rings. The molecule has 0 aliphatic carbocycles. The van der Waals surface area contributed by atoms with Crippen molar-refractivity contribution in [2.24, 2.45) is 0 Å². The molecule has 9 heteroatoms. The van der Waals surface area contributed by atoms with E-state index in [0.717, 1.165) is 18.2 Å². The second kappa shape index (κ2) is 4.55. The number of hydrogen-bond donors (Lipinski definition) is 0. The molecule has 0 N–H and O–H groups in total. The Bertz CT molecular complexity index is 621. The van der Waals surface area contributed by atoms with Crippen molar-refractivity contribution in [1.82, 2.24) is 0 Å². The van der Waals surface area contributed by atoms with Crippen molar-refractivity contribution in [3.63, 3.8) is 0 Å². The minimum atomic E-state index is -5.81. The summed E-state index contributed by atoms with van der Waals surface area (Å²) in [4.78, 5) is 2.87. The SMILES string of the molecule is [C-]#[N+]c1cc(C#N)cc(OS(=O)(=O)C(F)(F)F)c1. The summed E-state index contributed by atoms with van der Waals surface area (Å²) in [6, 6.07) is 4.23. The van der Waals surface area contributed by atoms with Gasteiger partial charge in [-0.05, 0) is 18.2 Å². The monoisotopic (exact) mass is 276 g/mol. The maximum Gasteiger partial charge on any atom is 0.534 e. The van der Waals surface area contributed by atoms with Crippen LogP contribution in [0, 0.1) is 17.9 Å². The molecule has 1 aromatic carbocycles. The van der Waals surface area contributed by atoms with E-state index >= 15 is 0 Å². The van der Waals surface area contributed by atoms with Crippen LogP contribution < -0.4 is 4.18 Å². The molecular weight excluding hydrogens is 273 g/mol. The van der Waals surface area contributed by atoms with Crippen LogP contribution in [0.1, 0.15) is 5.56 Å². The molecule has 18 heavy (non-hydrogen) atoms. The minimum absolute atomic E-state index is 0.184. The number of nitriles is 1. The van der Waals surface area contributed by atoms with Gasteiger partial charge in [-0.25, -0.2) is 4.85 Å². The third kappa shape index (κ3) is 2.90. The van der Waals surface area contributed by atoms with Gasteiger partial charge in [0.15, 0.2) is 5.69 Å². The van der Waals surface area contributed by atoms with Crippen LogP contribution >= 0.6 is 0 Å². The summed E-state index contributed by atoms with van der Waals surface area (Å²) in [7, 11) is -5.81. The van der Waals surface area contributed by atoms with Gasteiger partial charge in [-0.1, -0.05) is 0 Å². The molecule has 0 atom stereocenters. The van der Waals surface area contributed by atoms with Crippen molar-refractivity contribution in [3.8, 4) is 11.8 Å². The Hall–Kier alpha value is -2.26. The van der Waals surface area contributed by atoms with Gasteiger partial charge in [-0.3, -0.25) is 0 Å². The number of rotatable bonds is 2. The molecule has 0 aliphatic rings. The van der Waals surface area contributed by atoms with Gasteiger partial charge < -0.3 is 4.18 Å². The first-order valence-corrected chi connectivity index (χ1v) is 5.54. The molecule has 0 amide bonds. The molecule has 0 spiro atoms. The molecule has 0 unspecified atom stereocenters. The average molecular weight is 276 g/mol. The number of halogens is 3. The van der Waals surface area contributed by atoms with Crippen LogP contribution in [0.5, 0.6) is 5.75 Å². The van der Waals surface area contributed by atoms with Crippen molar-refractivity contribution in [2.45, 2.75) is 5.51 Å². The highest BCUT2D eigenvalue weighted by molar-refractivity contribution is 7.88. The van der Waals surface area contributed by atoms with Gasteiger partial charge in [-0.15, -0.1) is 0 Å². The fourth-order valence-electron chi connectivity index (χ4n) is 0.934. The van der Waals surface area contributed by atoms with Gasteiger partial charge in [0.05, 0.1) is 12.6 Å². The van der Waals surface area contributed by atoms with Crippen molar-refractivity contribution in [2.75, 3.05) is 0 Å². The normalized spacial score (nSPS) is 11.4. The Kier molecular flexibility index (Phi) is 3.49. The van der Waals surface area contributed by atoms with E-state index in [1.165, 1.54) is 0 Å². The van der Waals surface area contributed by atoms with Crippen molar-refractivity contribution >= 4 is 15.8 Å². The Balaban J connectivity index is 3.23. The fourth-order valence-corrected chi connectivity index (χ4v) is 1.38. The molecule has 0 aromatic heterocycles. The standard InChI is InChI=1S/C9H3F3N2O3S/c1-14-7-2-6(5-13)3-8(4-7)17-18(15,16)9(10,11)12/h2-4H. The van der Waals surface area contributed by atoms with Gasteiger partial charge in [0.1, 0.15) is 5.75 Å². The molecule has 0 radical (unpaired) electrons. The largest absolute Gasteiger partial charge is 0.534 e. The molecule has 0 aliphatic heterocycles. The number of alkyl halides is 3. The van der Waals surface area contributed by atoms with E-state index in [1.807, 2.05) is 0 Å². The summed E-state index contributed by atoms with van der Waals surface area (Å²) in [5, 5.41) is 8.56. The third-order valence-corrected chi connectivity index (χ3v) is 2.62. The molecule has 0 saturated heterocycles. The van der Waals surface area contributed by atoms with E-state index in [1.54, 1.807) is 6.07 Å². The first-order valence-electron chi connectivity index (χ1n) is 4.13. The molecular formula is C9H3F3N2O3S. The minimum Gasteiger partial charge on any atom is -0.377 e. The number of benzene rings is 1. The van der Waals surface area contributed by atoms with E-state index in [-0.39, 0.29) is 11.3 Å². The molecule has 0 saturated carbocycles. The number of hydrogen-bond acceptors (Lipinski definition) is 4. The van der Waals surface area contributed by atoms with Crippen LogP contribution in [0.25, 0.3) is 4.85 Å². The maximum atomic E-state index is 12.0. The summed E-state index contributed by atoms with van der Waals surface area (Å²) in [5.41, 5.74) is -5.97. The highest BCUT2D eigenvalue weighted by Crippen LogP contribution is 2.29. The zero-order valence-corrected chi connectivity index (χ0v) is 9.21.